The maximum atomic E-state index is 12.5. The molecular weight excluding hydrogens is 242 g/mol. The number of carbonyl (C=O) groups is 1. The van der Waals surface area contributed by atoms with Crippen LogP contribution >= 0.6 is 0 Å². The van der Waals surface area contributed by atoms with Crippen LogP contribution < -0.4 is 5.43 Å². The lowest BCUT2D eigenvalue weighted by Crippen LogP contribution is -2.18. The van der Waals surface area contributed by atoms with Crippen LogP contribution in [-0.2, 0) is 11.2 Å². The van der Waals surface area contributed by atoms with Gasteiger partial charge in [-0.15, -0.1) is 0 Å². The van der Waals surface area contributed by atoms with Gasteiger partial charge in [-0.25, -0.2) is 13.8 Å². The Morgan fingerprint density at radius 2 is 2.18 bits per heavy atom. The minimum Gasteiger partial charge on any atom is -0.481 e. The van der Waals surface area contributed by atoms with E-state index in [2.05, 4.69) is 0 Å². The van der Waals surface area contributed by atoms with Gasteiger partial charge >= 0.3 is 11.8 Å². The number of H-pyrrole nitrogens is 1. The molecule has 0 unspecified atom stereocenters. The summed E-state index contributed by atoms with van der Waals surface area (Å²) in [4.78, 5) is 32.7. The maximum Gasteiger partial charge on any atom is 0.325 e. The molecule has 0 aliphatic rings. The van der Waals surface area contributed by atoms with Crippen LogP contribution in [0.15, 0.2) is 10.9 Å². The summed E-state index contributed by atoms with van der Waals surface area (Å²) >= 11 is 0. The van der Waals surface area contributed by atoms with Crippen molar-refractivity contribution in [2.75, 3.05) is 0 Å². The van der Waals surface area contributed by atoms with E-state index in [1.165, 1.54) is 0 Å². The lowest BCUT2D eigenvalue weighted by molar-refractivity contribution is -0.389. The van der Waals surface area contributed by atoms with E-state index in [1.807, 2.05) is 0 Å². The number of aliphatic carboxylic acids is 1. The van der Waals surface area contributed by atoms with Gasteiger partial charge in [0.05, 0.1) is 18.1 Å². The van der Waals surface area contributed by atoms with Gasteiger partial charge < -0.3 is 15.2 Å². The summed E-state index contributed by atoms with van der Waals surface area (Å²) in [5.74, 6) is -2.38. The Kier molecular flexibility index (Phi) is 3.51. The van der Waals surface area contributed by atoms with Crippen molar-refractivity contribution in [1.82, 2.24) is 4.98 Å². The summed E-state index contributed by atoms with van der Waals surface area (Å²) in [5, 5.41) is 18.8. The minimum atomic E-state index is -3.20. The predicted molar refractivity (Wildman–Crippen MR) is 50.0 cm³/mol. The predicted octanol–water partition coefficient (Wildman–Crippen LogP) is 0.848. The van der Waals surface area contributed by atoms with Gasteiger partial charge in [0.2, 0.25) is 0 Å². The molecule has 0 aliphatic carbocycles. The molecule has 0 bridgehead atoms. The highest BCUT2D eigenvalue weighted by atomic mass is 19.3. The first-order chi connectivity index (χ1) is 7.82. The van der Waals surface area contributed by atoms with Gasteiger partial charge in [0.25, 0.3) is 6.43 Å². The highest BCUT2D eigenvalue weighted by Gasteiger charge is 2.24. The topological polar surface area (TPSA) is 113 Å². The fourth-order valence-electron chi connectivity index (χ4n) is 1.21. The third kappa shape index (κ3) is 2.83. The Hall–Kier alpha value is -2.32. The number of carboxylic acid groups (broad SMARTS) is 1. The first kappa shape index (κ1) is 12.7. The first-order valence-electron chi connectivity index (χ1n) is 4.23. The standard InChI is InChI=1S/C8H6F2N2O5/c9-8(10)7-3(1-6(14)15)4(13)2-5(11-7)12(16)17/h2,8H,1H2,(H,11,13)(H,14,15). The average Bonchev–Trinajstić information content (AvgIpc) is 2.19. The average molecular weight is 248 g/mol. The largest absolute Gasteiger partial charge is 0.481 e. The number of aromatic nitrogens is 1. The van der Waals surface area contributed by atoms with Crippen LogP contribution in [0, 0.1) is 10.1 Å². The van der Waals surface area contributed by atoms with Gasteiger partial charge in [0, 0.05) is 0 Å². The lowest BCUT2D eigenvalue weighted by Gasteiger charge is -2.04. The van der Waals surface area contributed by atoms with Crippen molar-refractivity contribution in [1.29, 1.82) is 0 Å². The summed E-state index contributed by atoms with van der Waals surface area (Å²) in [7, 11) is 0. The van der Waals surface area contributed by atoms with E-state index in [4.69, 9.17) is 5.11 Å². The molecule has 17 heavy (non-hydrogen) atoms. The number of hydrogen-bond acceptors (Lipinski definition) is 4. The minimum absolute atomic E-state index is 0.476. The molecule has 0 aliphatic heterocycles. The number of aromatic amines is 1. The fourth-order valence-corrected chi connectivity index (χ4v) is 1.21. The first-order valence-corrected chi connectivity index (χ1v) is 4.23. The van der Waals surface area contributed by atoms with Crippen LogP contribution in [0.1, 0.15) is 17.7 Å². The molecule has 0 spiro atoms. The van der Waals surface area contributed by atoms with Crippen molar-refractivity contribution in [3.05, 3.63) is 37.7 Å². The molecule has 1 heterocycles. The van der Waals surface area contributed by atoms with Crippen LogP contribution in [0.4, 0.5) is 14.6 Å². The molecule has 92 valence electrons. The summed E-state index contributed by atoms with van der Waals surface area (Å²) in [6.07, 6.45) is -4.12. The number of rotatable bonds is 4. The number of nitrogens with zero attached hydrogens (tertiary/aromatic N) is 1. The molecule has 0 saturated heterocycles. The van der Waals surface area contributed by atoms with Crippen molar-refractivity contribution in [2.45, 2.75) is 12.8 Å². The van der Waals surface area contributed by atoms with Gasteiger partial charge in [-0.3, -0.25) is 9.59 Å². The van der Waals surface area contributed by atoms with Crippen molar-refractivity contribution in [2.24, 2.45) is 0 Å². The van der Waals surface area contributed by atoms with E-state index in [1.54, 1.807) is 4.98 Å². The summed E-state index contributed by atoms with van der Waals surface area (Å²) in [5.41, 5.74) is -2.82. The number of nitrogens with one attached hydrogen (secondary N) is 1. The van der Waals surface area contributed by atoms with E-state index < -0.39 is 46.2 Å². The Morgan fingerprint density at radius 3 is 2.59 bits per heavy atom. The second-order valence-corrected chi connectivity index (χ2v) is 3.04. The smallest absolute Gasteiger partial charge is 0.325 e. The molecule has 1 rings (SSSR count). The number of halogens is 2. The van der Waals surface area contributed by atoms with Gasteiger partial charge in [0.15, 0.2) is 11.1 Å². The molecular formula is C8H6F2N2O5. The van der Waals surface area contributed by atoms with Crippen molar-refractivity contribution in [3.8, 4) is 0 Å². The van der Waals surface area contributed by atoms with Crippen LogP contribution in [0.25, 0.3) is 0 Å². The summed E-state index contributed by atoms with van der Waals surface area (Å²) in [6.45, 7) is 0. The Bertz CT molecular complexity index is 525. The molecule has 1 aromatic rings. The van der Waals surface area contributed by atoms with Crippen LogP contribution in [0.2, 0.25) is 0 Å². The monoisotopic (exact) mass is 248 g/mol. The second-order valence-electron chi connectivity index (χ2n) is 3.04. The molecule has 7 nitrogen and oxygen atoms in total. The molecule has 0 aromatic carbocycles. The second kappa shape index (κ2) is 4.68. The fraction of sp³-hybridized carbons (Fsp3) is 0.250. The number of nitro groups is 1. The van der Waals surface area contributed by atoms with E-state index in [0.29, 0.717) is 6.07 Å². The number of carboxylic acids is 1. The van der Waals surface area contributed by atoms with E-state index >= 15 is 0 Å². The zero-order valence-corrected chi connectivity index (χ0v) is 8.15. The number of hydrogen-bond donors (Lipinski definition) is 2. The van der Waals surface area contributed by atoms with Gasteiger partial charge in [0.1, 0.15) is 0 Å². The van der Waals surface area contributed by atoms with E-state index in [9.17, 15) is 28.5 Å². The third-order valence-electron chi connectivity index (χ3n) is 1.90. The highest BCUT2D eigenvalue weighted by Crippen LogP contribution is 2.21. The van der Waals surface area contributed by atoms with Crippen molar-refractivity contribution in [3.63, 3.8) is 0 Å². The van der Waals surface area contributed by atoms with E-state index in [0.717, 1.165) is 0 Å². The molecule has 2 N–H and O–H groups in total. The van der Waals surface area contributed by atoms with Crippen LogP contribution in [0.5, 0.6) is 0 Å². The zero-order valence-electron chi connectivity index (χ0n) is 8.15. The number of alkyl halides is 2. The Labute approximate surface area is 91.8 Å². The molecule has 0 radical (unpaired) electrons. The van der Waals surface area contributed by atoms with Gasteiger partial charge in [-0.2, -0.15) is 0 Å². The zero-order chi connectivity index (χ0) is 13.2. The quantitative estimate of drug-likeness (QED) is 0.605. The van der Waals surface area contributed by atoms with Crippen LogP contribution in [-0.4, -0.2) is 21.0 Å². The normalized spacial score (nSPS) is 10.5. The summed E-state index contributed by atoms with van der Waals surface area (Å²) < 4.78 is 25.0. The third-order valence-corrected chi connectivity index (χ3v) is 1.90. The Morgan fingerprint density at radius 1 is 1.59 bits per heavy atom. The highest BCUT2D eigenvalue weighted by molar-refractivity contribution is 5.70. The molecule has 0 atom stereocenters. The van der Waals surface area contributed by atoms with Gasteiger partial charge in [-0.1, -0.05) is 0 Å². The molecule has 0 saturated carbocycles. The van der Waals surface area contributed by atoms with Crippen LogP contribution in [0.3, 0.4) is 0 Å². The van der Waals surface area contributed by atoms with Gasteiger partial charge in [-0.05, 0) is 4.92 Å². The molecule has 0 fully saturated rings. The summed E-state index contributed by atoms with van der Waals surface area (Å²) in [6, 6.07) is 0.476. The molecule has 1 aromatic heterocycles. The van der Waals surface area contributed by atoms with Crippen molar-refractivity contribution < 1.29 is 23.6 Å². The Balaban J connectivity index is 3.43. The lowest BCUT2D eigenvalue weighted by atomic mass is 10.1. The number of pyridine rings is 1. The van der Waals surface area contributed by atoms with Crippen molar-refractivity contribution >= 4 is 11.8 Å². The molecule has 0 amide bonds. The molecule has 9 heteroatoms. The SMILES string of the molecule is O=C(O)Cc1c(C(F)F)[nH]c([N+](=O)[O-])cc1=O. The van der Waals surface area contributed by atoms with E-state index in [-0.39, 0.29) is 0 Å². The maximum absolute atomic E-state index is 12.5.